The van der Waals surface area contributed by atoms with Crippen molar-refractivity contribution in [1.82, 2.24) is 4.57 Å². The average Bonchev–Trinajstić information content (AvgIpc) is 3.31. The molecule has 0 spiro atoms. The van der Waals surface area contributed by atoms with Crippen LogP contribution in [0.2, 0.25) is 0 Å². The average molecular weight is 517 g/mol. The van der Waals surface area contributed by atoms with Crippen molar-refractivity contribution in [3.63, 3.8) is 0 Å². The van der Waals surface area contributed by atoms with Gasteiger partial charge in [-0.1, -0.05) is 24.3 Å². The number of methoxy groups -OCH3 is 1. The third kappa shape index (κ3) is 3.64. The molecule has 2 aliphatic heterocycles. The van der Waals surface area contributed by atoms with Gasteiger partial charge >= 0.3 is 12.1 Å². The Morgan fingerprint density at radius 1 is 1.08 bits per heavy atom. The summed E-state index contributed by atoms with van der Waals surface area (Å²) >= 11 is 0. The van der Waals surface area contributed by atoms with Crippen molar-refractivity contribution in [2.75, 3.05) is 19.0 Å². The number of aromatic nitrogens is 1. The number of hydrogen-bond donors (Lipinski definition) is 1. The zero-order chi connectivity index (χ0) is 26.8. The van der Waals surface area contributed by atoms with Gasteiger partial charge in [-0.2, -0.15) is 0 Å². The van der Waals surface area contributed by atoms with Crippen LogP contribution in [-0.4, -0.2) is 42.1 Å². The first-order valence-corrected chi connectivity index (χ1v) is 12.6. The van der Waals surface area contributed by atoms with E-state index in [1.165, 1.54) is 7.11 Å². The van der Waals surface area contributed by atoms with Crippen molar-refractivity contribution in [2.24, 2.45) is 7.05 Å². The summed E-state index contributed by atoms with van der Waals surface area (Å²) in [6, 6.07) is 13.6. The minimum absolute atomic E-state index is 0.133. The zero-order valence-corrected chi connectivity index (χ0v) is 21.6. The number of carbonyl (C=O) groups excluding carboxylic acids is 2. The van der Waals surface area contributed by atoms with Gasteiger partial charge < -0.3 is 28.8 Å². The number of benzene rings is 3. The maximum Gasteiger partial charge on any atom is 0.509 e. The molecule has 0 radical (unpaired) electrons. The van der Waals surface area contributed by atoms with Crippen LogP contribution in [0, 0.1) is 0 Å². The molecule has 196 valence electrons. The molecule has 0 saturated carbocycles. The number of anilines is 1. The molecular weight excluding hydrogens is 488 g/mol. The van der Waals surface area contributed by atoms with E-state index in [0.717, 1.165) is 16.3 Å². The number of carbonyl (C=O) groups is 2. The Morgan fingerprint density at radius 2 is 1.82 bits per heavy atom. The lowest BCUT2D eigenvalue weighted by Crippen LogP contribution is -2.48. The largest absolute Gasteiger partial charge is 0.509 e. The van der Waals surface area contributed by atoms with Crippen LogP contribution in [0.15, 0.2) is 47.3 Å². The van der Waals surface area contributed by atoms with Gasteiger partial charge in [0.25, 0.3) is 0 Å². The predicted molar refractivity (Wildman–Crippen MR) is 143 cm³/mol. The van der Waals surface area contributed by atoms with Gasteiger partial charge in [-0.15, -0.1) is 0 Å². The second-order valence-electron chi connectivity index (χ2n) is 10.3. The lowest BCUT2D eigenvalue weighted by atomic mass is 9.86. The van der Waals surface area contributed by atoms with E-state index in [1.807, 2.05) is 61.9 Å². The highest BCUT2D eigenvalue weighted by molar-refractivity contribution is 6.04. The zero-order valence-electron chi connectivity index (χ0n) is 21.6. The van der Waals surface area contributed by atoms with Crippen LogP contribution in [0.1, 0.15) is 38.4 Å². The highest BCUT2D eigenvalue weighted by atomic mass is 16.8. The summed E-state index contributed by atoms with van der Waals surface area (Å²) in [6.45, 7) is 4.12. The SMILES string of the molecule is COC(=O)CCCNc1cc2c(=O)c3cc4ccccc4cc3n(C)c2c2c1OC(C)(C)[C@H]1OC(=O)O[C@@H]21. The summed E-state index contributed by atoms with van der Waals surface area (Å²) < 4.78 is 24.4. The molecule has 9 nitrogen and oxygen atoms in total. The summed E-state index contributed by atoms with van der Waals surface area (Å²) in [7, 11) is 3.26. The van der Waals surface area contributed by atoms with Crippen LogP contribution in [0.4, 0.5) is 10.5 Å². The standard InChI is InChI=1S/C29H28N2O7/c1-29(2)27-26(36-28(34)37-27)22-23-18(14-19(25(22)38-29)30-11-7-10-21(32)35-4)24(33)17-12-15-8-5-6-9-16(15)13-20(17)31(23)3/h5-6,8-9,12-14,26-27,30H,7,10-11H2,1-4H3/t26-,27-/m0/s1. The Labute approximate surface area is 218 Å². The molecule has 6 rings (SSSR count). The molecule has 0 aliphatic carbocycles. The van der Waals surface area contributed by atoms with E-state index < -0.39 is 24.0 Å². The van der Waals surface area contributed by atoms with Crippen LogP contribution in [-0.2, 0) is 26.1 Å². The van der Waals surface area contributed by atoms with Crippen molar-refractivity contribution < 1.29 is 28.5 Å². The highest BCUT2D eigenvalue weighted by Crippen LogP contribution is 2.52. The molecule has 2 aliphatic rings. The Kier molecular flexibility index (Phi) is 5.48. The van der Waals surface area contributed by atoms with E-state index in [0.29, 0.717) is 46.3 Å². The Hall–Kier alpha value is -4.27. The van der Waals surface area contributed by atoms with E-state index in [4.69, 9.17) is 18.9 Å². The molecular formula is C29H28N2O7. The van der Waals surface area contributed by atoms with E-state index in [1.54, 1.807) is 6.07 Å². The normalized spacial score (nSPS) is 19.4. The number of esters is 1. The molecule has 1 saturated heterocycles. The first kappa shape index (κ1) is 24.1. The number of nitrogens with zero attached hydrogens (tertiary/aromatic N) is 1. The highest BCUT2D eigenvalue weighted by Gasteiger charge is 2.54. The topological polar surface area (TPSA) is 105 Å². The van der Waals surface area contributed by atoms with E-state index in [-0.39, 0.29) is 17.8 Å². The monoisotopic (exact) mass is 516 g/mol. The molecule has 9 heteroatoms. The molecule has 1 aromatic heterocycles. The molecule has 3 heterocycles. The minimum Gasteiger partial charge on any atom is -0.481 e. The molecule has 4 aromatic rings. The van der Waals surface area contributed by atoms with Gasteiger partial charge in [0.1, 0.15) is 5.60 Å². The molecule has 3 aromatic carbocycles. The number of ether oxygens (including phenoxy) is 4. The van der Waals surface area contributed by atoms with Crippen molar-refractivity contribution in [3.8, 4) is 5.75 Å². The summed E-state index contributed by atoms with van der Waals surface area (Å²) in [6.07, 6.45) is -1.45. The van der Waals surface area contributed by atoms with Gasteiger partial charge in [0.15, 0.2) is 23.4 Å². The number of aryl methyl sites for hydroxylation is 1. The van der Waals surface area contributed by atoms with Crippen LogP contribution in [0.3, 0.4) is 0 Å². The third-order valence-electron chi connectivity index (χ3n) is 7.50. The fourth-order valence-corrected chi connectivity index (χ4v) is 5.62. The fraction of sp³-hybridized carbons (Fsp3) is 0.345. The maximum absolute atomic E-state index is 14.0. The van der Waals surface area contributed by atoms with E-state index in [9.17, 15) is 14.4 Å². The summed E-state index contributed by atoms with van der Waals surface area (Å²) in [5.74, 6) is 0.199. The van der Waals surface area contributed by atoms with E-state index >= 15 is 0 Å². The lowest BCUT2D eigenvalue weighted by Gasteiger charge is -2.40. The second-order valence-corrected chi connectivity index (χ2v) is 10.3. The predicted octanol–water partition coefficient (Wildman–Crippen LogP) is 4.96. The quantitative estimate of drug-likeness (QED) is 0.226. The van der Waals surface area contributed by atoms with E-state index in [2.05, 4.69) is 5.32 Å². The Balaban J connectivity index is 1.62. The molecule has 1 N–H and O–H groups in total. The van der Waals surface area contributed by atoms with Crippen molar-refractivity contribution >= 4 is 50.4 Å². The number of rotatable bonds is 5. The van der Waals surface area contributed by atoms with Crippen LogP contribution in [0.25, 0.3) is 32.6 Å². The van der Waals surface area contributed by atoms with Gasteiger partial charge in [-0.25, -0.2) is 4.79 Å². The van der Waals surface area contributed by atoms with Gasteiger partial charge in [0.05, 0.1) is 29.4 Å². The maximum atomic E-state index is 14.0. The third-order valence-corrected chi connectivity index (χ3v) is 7.50. The summed E-state index contributed by atoms with van der Waals surface area (Å²) in [5.41, 5.74) is 1.54. The van der Waals surface area contributed by atoms with Crippen LogP contribution >= 0.6 is 0 Å². The van der Waals surface area contributed by atoms with Gasteiger partial charge in [0.2, 0.25) is 0 Å². The molecule has 38 heavy (non-hydrogen) atoms. The van der Waals surface area contributed by atoms with Crippen LogP contribution in [0.5, 0.6) is 5.75 Å². The van der Waals surface area contributed by atoms with Gasteiger partial charge in [-0.05, 0) is 49.2 Å². The Bertz CT molecular complexity index is 1710. The number of pyridine rings is 1. The summed E-state index contributed by atoms with van der Waals surface area (Å²) in [5, 5.41) is 6.37. The number of hydrogen-bond acceptors (Lipinski definition) is 8. The smallest absolute Gasteiger partial charge is 0.481 e. The molecule has 0 amide bonds. The van der Waals surface area contributed by atoms with Crippen molar-refractivity contribution in [2.45, 2.75) is 44.5 Å². The lowest BCUT2D eigenvalue weighted by molar-refractivity contribution is -0.140. The summed E-state index contributed by atoms with van der Waals surface area (Å²) in [4.78, 5) is 37.9. The van der Waals surface area contributed by atoms with Gasteiger partial charge in [-0.3, -0.25) is 9.59 Å². The minimum atomic E-state index is -0.883. The molecule has 0 unspecified atom stereocenters. The Morgan fingerprint density at radius 3 is 2.55 bits per heavy atom. The van der Waals surface area contributed by atoms with Gasteiger partial charge in [0, 0.05) is 30.8 Å². The molecule has 2 atom stereocenters. The molecule has 0 bridgehead atoms. The van der Waals surface area contributed by atoms with Crippen molar-refractivity contribution in [1.29, 1.82) is 0 Å². The van der Waals surface area contributed by atoms with Crippen LogP contribution < -0.4 is 15.5 Å². The number of nitrogens with one attached hydrogen (secondary N) is 1. The fourth-order valence-electron chi connectivity index (χ4n) is 5.62. The first-order chi connectivity index (χ1) is 18.2. The van der Waals surface area contributed by atoms with Crippen molar-refractivity contribution in [3.05, 3.63) is 58.3 Å². The first-order valence-electron chi connectivity index (χ1n) is 12.6. The second kappa shape index (κ2) is 8.65. The number of fused-ring (bicyclic) bond motifs is 7. The molecule has 1 fully saturated rings.